The molecule has 7 heteroatoms. The van der Waals surface area contributed by atoms with E-state index < -0.39 is 0 Å². The molecule has 0 fully saturated rings. The summed E-state index contributed by atoms with van der Waals surface area (Å²) in [6.45, 7) is 4.69. The van der Waals surface area contributed by atoms with Crippen LogP contribution in [0.15, 0.2) is 5.38 Å². The number of nitrogens with two attached hydrogens (primary N) is 1. The summed E-state index contributed by atoms with van der Waals surface area (Å²) in [6.07, 6.45) is 0.138. The SMILES string of the molecule is COC(C)CNc1snc(N)c1-c1nc(C)cs1. The van der Waals surface area contributed by atoms with Crippen molar-refractivity contribution in [2.45, 2.75) is 20.0 Å². The van der Waals surface area contributed by atoms with Gasteiger partial charge in [-0.05, 0) is 25.4 Å². The Morgan fingerprint density at radius 1 is 1.56 bits per heavy atom. The van der Waals surface area contributed by atoms with Crippen molar-refractivity contribution in [2.24, 2.45) is 0 Å². The minimum atomic E-state index is 0.138. The van der Waals surface area contributed by atoms with E-state index >= 15 is 0 Å². The van der Waals surface area contributed by atoms with E-state index in [0.29, 0.717) is 5.82 Å². The summed E-state index contributed by atoms with van der Waals surface area (Å²) in [5.41, 5.74) is 7.82. The fourth-order valence-corrected chi connectivity index (χ4v) is 3.06. The third-order valence-electron chi connectivity index (χ3n) is 2.50. The molecular weight excluding hydrogens is 268 g/mol. The van der Waals surface area contributed by atoms with Crippen LogP contribution in [0.4, 0.5) is 10.8 Å². The number of hydrogen-bond acceptors (Lipinski definition) is 7. The molecule has 1 atom stereocenters. The second-order valence-corrected chi connectivity index (χ2v) is 5.62. The van der Waals surface area contributed by atoms with Crippen molar-refractivity contribution in [3.05, 3.63) is 11.1 Å². The summed E-state index contributed by atoms with van der Waals surface area (Å²) in [5, 5.41) is 7.18. The normalized spacial score (nSPS) is 12.6. The number of nitrogens with one attached hydrogen (secondary N) is 1. The molecule has 2 aromatic heterocycles. The number of nitrogens with zero attached hydrogens (tertiary/aromatic N) is 2. The largest absolute Gasteiger partial charge is 0.382 e. The number of thiazole rings is 1. The first-order valence-corrected chi connectivity index (χ1v) is 7.21. The van der Waals surface area contributed by atoms with E-state index in [0.717, 1.165) is 27.8 Å². The van der Waals surface area contributed by atoms with E-state index in [2.05, 4.69) is 14.7 Å². The predicted octanol–water partition coefficient (Wildman–Crippen LogP) is 2.60. The van der Waals surface area contributed by atoms with Crippen LogP contribution in [0.2, 0.25) is 0 Å². The zero-order valence-corrected chi connectivity index (χ0v) is 12.2. The lowest BCUT2D eigenvalue weighted by Gasteiger charge is -2.10. The van der Waals surface area contributed by atoms with Crippen LogP contribution in [0.1, 0.15) is 12.6 Å². The van der Waals surface area contributed by atoms with Gasteiger partial charge in [0.25, 0.3) is 0 Å². The standard InChI is InChI=1S/C11H16N4OS2/c1-6-5-17-11(14-6)8-9(12)15-18-10(8)13-4-7(2)16-3/h5,7,13H,4H2,1-3H3,(H2,12,15). The Morgan fingerprint density at radius 2 is 2.33 bits per heavy atom. The fourth-order valence-electron chi connectivity index (χ4n) is 1.42. The first kappa shape index (κ1) is 13.3. The molecule has 0 bridgehead atoms. The molecule has 0 aliphatic carbocycles. The Kier molecular flexibility index (Phi) is 4.15. The molecule has 3 N–H and O–H groups in total. The average molecular weight is 284 g/mol. The number of nitrogen functional groups attached to an aromatic ring is 1. The Hall–Kier alpha value is -1.18. The van der Waals surface area contributed by atoms with Gasteiger partial charge in [0.15, 0.2) is 0 Å². The zero-order valence-electron chi connectivity index (χ0n) is 10.6. The van der Waals surface area contributed by atoms with Gasteiger partial charge in [-0.2, -0.15) is 4.37 Å². The molecule has 0 amide bonds. The monoisotopic (exact) mass is 284 g/mol. The number of ether oxygens (including phenoxy) is 1. The van der Waals surface area contributed by atoms with Crippen molar-refractivity contribution in [2.75, 3.05) is 24.7 Å². The van der Waals surface area contributed by atoms with E-state index in [1.807, 2.05) is 19.2 Å². The molecule has 18 heavy (non-hydrogen) atoms. The summed E-state index contributed by atoms with van der Waals surface area (Å²) in [4.78, 5) is 4.46. The highest BCUT2D eigenvalue weighted by molar-refractivity contribution is 7.15. The number of methoxy groups -OCH3 is 1. The van der Waals surface area contributed by atoms with Crippen molar-refractivity contribution in [3.63, 3.8) is 0 Å². The number of rotatable bonds is 5. The van der Waals surface area contributed by atoms with Crippen LogP contribution in [0, 0.1) is 6.92 Å². The number of aryl methyl sites for hydroxylation is 1. The molecule has 0 aliphatic rings. The molecule has 98 valence electrons. The molecule has 0 spiro atoms. The summed E-state index contributed by atoms with van der Waals surface area (Å²) in [5.74, 6) is 0.530. The third kappa shape index (κ3) is 2.80. The second kappa shape index (κ2) is 5.64. The van der Waals surface area contributed by atoms with Crippen molar-refractivity contribution in [3.8, 4) is 10.6 Å². The van der Waals surface area contributed by atoms with Crippen LogP contribution >= 0.6 is 22.9 Å². The molecule has 5 nitrogen and oxygen atoms in total. The smallest absolute Gasteiger partial charge is 0.149 e. The molecule has 0 aliphatic heterocycles. The molecular formula is C11H16N4OS2. The quantitative estimate of drug-likeness (QED) is 0.883. The van der Waals surface area contributed by atoms with Crippen LogP contribution in [0.25, 0.3) is 10.6 Å². The van der Waals surface area contributed by atoms with Gasteiger partial charge in [0, 0.05) is 24.7 Å². The van der Waals surface area contributed by atoms with Crippen LogP contribution in [-0.2, 0) is 4.74 Å². The van der Waals surface area contributed by atoms with Gasteiger partial charge in [-0.25, -0.2) is 4.98 Å². The molecule has 0 radical (unpaired) electrons. The molecule has 2 heterocycles. The number of anilines is 2. The van der Waals surface area contributed by atoms with E-state index in [-0.39, 0.29) is 6.10 Å². The minimum Gasteiger partial charge on any atom is -0.382 e. The van der Waals surface area contributed by atoms with Gasteiger partial charge in [0.05, 0.1) is 11.7 Å². The highest BCUT2D eigenvalue weighted by Gasteiger charge is 2.16. The van der Waals surface area contributed by atoms with Crippen LogP contribution in [-0.4, -0.2) is 29.1 Å². The van der Waals surface area contributed by atoms with E-state index in [1.54, 1.807) is 18.4 Å². The highest BCUT2D eigenvalue weighted by atomic mass is 32.1. The molecule has 0 saturated heterocycles. The topological polar surface area (TPSA) is 73.1 Å². The fraction of sp³-hybridized carbons (Fsp3) is 0.455. The van der Waals surface area contributed by atoms with Gasteiger partial charge >= 0.3 is 0 Å². The Morgan fingerprint density at radius 3 is 2.94 bits per heavy atom. The maximum Gasteiger partial charge on any atom is 0.149 e. The number of hydrogen-bond donors (Lipinski definition) is 2. The summed E-state index contributed by atoms with van der Waals surface area (Å²) in [7, 11) is 1.69. The van der Waals surface area contributed by atoms with E-state index in [9.17, 15) is 0 Å². The Balaban J connectivity index is 2.22. The van der Waals surface area contributed by atoms with Gasteiger partial charge in [-0.3, -0.25) is 0 Å². The van der Waals surface area contributed by atoms with Gasteiger partial charge in [0.2, 0.25) is 0 Å². The highest BCUT2D eigenvalue weighted by Crippen LogP contribution is 2.38. The lowest BCUT2D eigenvalue weighted by Crippen LogP contribution is -2.17. The summed E-state index contributed by atoms with van der Waals surface area (Å²) in [6, 6.07) is 0. The van der Waals surface area contributed by atoms with Crippen LogP contribution < -0.4 is 11.1 Å². The lowest BCUT2D eigenvalue weighted by molar-refractivity contribution is 0.129. The van der Waals surface area contributed by atoms with Crippen molar-refractivity contribution in [1.82, 2.24) is 9.36 Å². The zero-order chi connectivity index (χ0) is 13.1. The van der Waals surface area contributed by atoms with Gasteiger partial charge in [-0.15, -0.1) is 11.3 Å². The summed E-state index contributed by atoms with van der Waals surface area (Å²) < 4.78 is 9.39. The first-order chi connectivity index (χ1) is 8.61. The lowest BCUT2D eigenvalue weighted by atomic mass is 10.3. The van der Waals surface area contributed by atoms with Crippen molar-refractivity contribution < 1.29 is 4.74 Å². The summed E-state index contributed by atoms with van der Waals surface area (Å²) >= 11 is 2.94. The maximum absolute atomic E-state index is 5.92. The molecule has 2 aromatic rings. The number of aromatic nitrogens is 2. The van der Waals surface area contributed by atoms with Crippen molar-refractivity contribution >= 4 is 33.7 Å². The van der Waals surface area contributed by atoms with Crippen molar-refractivity contribution in [1.29, 1.82) is 0 Å². The minimum absolute atomic E-state index is 0.138. The van der Waals surface area contributed by atoms with Crippen LogP contribution in [0.5, 0.6) is 0 Å². The van der Waals surface area contributed by atoms with Gasteiger partial charge in [0.1, 0.15) is 15.8 Å². The molecule has 0 aromatic carbocycles. The Bertz CT molecular complexity index is 523. The molecule has 2 rings (SSSR count). The molecule has 1 unspecified atom stereocenters. The maximum atomic E-state index is 5.92. The molecule has 0 saturated carbocycles. The van der Waals surface area contributed by atoms with E-state index in [4.69, 9.17) is 10.5 Å². The van der Waals surface area contributed by atoms with Gasteiger partial charge in [-0.1, -0.05) is 0 Å². The van der Waals surface area contributed by atoms with Crippen LogP contribution in [0.3, 0.4) is 0 Å². The Labute approximate surface area is 114 Å². The predicted molar refractivity (Wildman–Crippen MR) is 77.3 cm³/mol. The second-order valence-electron chi connectivity index (χ2n) is 3.99. The average Bonchev–Trinajstić information content (AvgIpc) is 2.92. The third-order valence-corrected chi connectivity index (χ3v) is 4.30. The van der Waals surface area contributed by atoms with E-state index in [1.165, 1.54) is 11.5 Å². The van der Waals surface area contributed by atoms with Gasteiger partial charge < -0.3 is 15.8 Å². The first-order valence-electron chi connectivity index (χ1n) is 5.56.